The molecule has 1 aromatic carbocycles. The number of sulfonamides is 1. The zero-order valence-electron chi connectivity index (χ0n) is 18.0. The van der Waals surface area contributed by atoms with Crippen LogP contribution in [0.15, 0.2) is 44.8 Å². The van der Waals surface area contributed by atoms with Crippen molar-refractivity contribution in [1.29, 1.82) is 0 Å². The molecule has 0 spiro atoms. The number of benzene rings is 1. The maximum absolute atomic E-state index is 12.9. The van der Waals surface area contributed by atoms with Crippen molar-refractivity contribution in [2.75, 3.05) is 30.3 Å². The minimum absolute atomic E-state index is 0.0370. The number of hydrogen-bond acceptors (Lipinski definition) is 6. The van der Waals surface area contributed by atoms with Gasteiger partial charge in [-0.25, -0.2) is 8.42 Å². The predicted octanol–water partition coefficient (Wildman–Crippen LogP) is 3.11. The summed E-state index contributed by atoms with van der Waals surface area (Å²) in [6, 6.07) is 11.6. The molecule has 3 heterocycles. The number of amides is 2. The number of thiophene rings is 1. The Morgan fingerprint density at radius 1 is 1.19 bits per heavy atom. The Hall–Kier alpha value is -1.88. The van der Waals surface area contributed by atoms with Crippen LogP contribution < -0.4 is 10.2 Å². The first-order chi connectivity index (χ1) is 15.3. The minimum Gasteiger partial charge on any atom is -0.352 e. The van der Waals surface area contributed by atoms with E-state index in [1.807, 2.05) is 25.1 Å². The Balaban J connectivity index is 1.41. The van der Waals surface area contributed by atoms with Crippen LogP contribution >= 0.6 is 23.1 Å². The number of anilines is 1. The van der Waals surface area contributed by atoms with Crippen LogP contribution in [0.25, 0.3) is 0 Å². The summed E-state index contributed by atoms with van der Waals surface area (Å²) in [5.41, 5.74) is 1.74. The molecule has 2 amide bonds. The maximum atomic E-state index is 12.9. The molecule has 1 N–H and O–H groups in total. The molecular weight excluding hydrogens is 466 g/mol. The SMILES string of the molecule is C[C@@H](CCc1ccccc1)NC(=O)CN1C(=O)CSc2sc(S(=O)(=O)N3CCCC3)cc21. The molecule has 2 aliphatic rings. The average molecular weight is 494 g/mol. The van der Waals surface area contributed by atoms with Crippen LogP contribution in [0, 0.1) is 0 Å². The highest BCUT2D eigenvalue weighted by molar-refractivity contribution is 8.02. The fourth-order valence-corrected chi connectivity index (χ4v) is 8.33. The second-order valence-electron chi connectivity index (χ2n) is 8.11. The van der Waals surface area contributed by atoms with E-state index in [-0.39, 0.29) is 34.4 Å². The van der Waals surface area contributed by atoms with E-state index >= 15 is 0 Å². The van der Waals surface area contributed by atoms with Gasteiger partial charge in [-0.2, -0.15) is 4.31 Å². The topological polar surface area (TPSA) is 86.8 Å². The van der Waals surface area contributed by atoms with Gasteiger partial charge in [0.2, 0.25) is 11.8 Å². The lowest BCUT2D eigenvalue weighted by Crippen LogP contribution is -2.45. The first-order valence-electron chi connectivity index (χ1n) is 10.7. The van der Waals surface area contributed by atoms with Crippen molar-refractivity contribution in [2.24, 2.45) is 0 Å². The second kappa shape index (κ2) is 9.94. The summed E-state index contributed by atoms with van der Waals surface area (Å²) in [4.78, 5) is 26.7. The molecule has 1 aromatic heterocycles. The van der Waals surface area contributed by atoms with Gasteiger partial charge < -0.3 is 10.2 Å². The number of rotatable bonds is 8. The quantitative estimate of drug-likeness (QED) is 0.611. The molecule has 1 saturated heterocycles. The third-order valence-corrected chi connectivity index (χ3v) is 10.4. The van der Waals surface area contributed by atoms with Gasteiger partial charge in [0, 0.05) is 19.1 Å². The number of hydrogen-bond donors (Lipinski definition) is 1. The lowest BCUT2D eigenvalue weighted by Gasteiger charge is -2.26. The van der Waals surface area contributed by atoms with Gasteiger partial charge in [0.1, 0.15) is 10.8 Å². The third-order valence-electron chi connectivity index (χ3n) is 5.65. The molecule has 172 valence electrons. The van der Waals surface area contributed by atoms with Crippen LogP contribution in [0.3, 0.4) is 0 Å². The molecule has 2 aliphatic heterocycles. The van der Waals surface area contributed by atoms with E-state index in [2.05, 4.69) is 17.4 Å². The monoisotopic (exact) mass is 493 g/mol. The highest BCUT2D eigenvalue weighted by atomic mass is 32.3. The second-order valence-corrected chi connectivity index (χ2v) is 12.6. The smallest absolute Gasteiger partial charge is 0.252 e. The maximum Gasteiger partial charge on any atom is 0.252 e. The van der Waals surface area contributed by atoms with Crippen molar-refractivity contribution in [3.63, 3.8) is 0 Å². The lowest BCUT2D eigenvalue weighted by molar-refractivity contribution is -0.123. The molecule has 10 heteroatoms. The zero-order chi connectivity index (χ0) is 22.7. The molecule has 0 unspecified atom stereocenters. The van der Waals surface area contributed by atoms with Crippen LogP contribution in [0.2, 0.25) is 0 Å². The third kappa shape index (κ3) is 5.19. The number of fused-ring (bicyclic) bond motifs is 1. The molecule has 32 heavy (non-hydrogen) atoms. The van der Waals surface area contributed by atoms with Crippen LogP contribution in [-0.2, 0) is 26.0 Å². The van der Waals surface area contributed by atoms with Crippen molar-refractivity contribution in [3.8, 4) is 0 Å². The van der Waals surface area contributed by atoms with Gasteiger partial charge >= 0.3 is 0 Å². The van der Waals surface area contributed by atoms with Gasteiger partial charge in [-0.1, -0.05) is 30.3 Å². The van der Waals surface area contributed by atoms with E-state index < -0.39 is 10.0 Å². The summed E-state index contributed by atoms with van der Waals surface area (Å²) in [5, 5.41) is 2.97. The van der Waals surface area contributed by atoms with Crippen molar-refractivity contribution in [3.05, 3.63) is 42.0 Å². The summed E-state index contributed by atoms with van der Waals surface area (Å²) in [6.45, 7) is 2.90. The Morgan fingerprint density at radius 2 is 1.91 bits per heavy atom. The number of nitrogens with one attached hydrogen (secondary N) is 1. The first-order valence-corrected chi connectivity index (χ1v) is 14.0. The number of carbonyl (C=O) groups is 2. The Bertz CT molecular complexity index is 1080. The fourth-order valence-electron chi connectivity index (χ4n) is 3.90. The molecule has 0 aliphatic carbocycles. The van der Waals surface area contributed by atoms with Crippen molar-refractivity contribution >= 4 is 50.6 Å². The molecule has 0 saturated carbocycles. The fraction of sp³-hybridized carbons (Fsp3) is 0.455. The van der Waals surface area contributed by atoms with E-state index in [0.29, 0.717) is 18.8 Å². The van der Waals surface area contributed by atoms with E-state index in [9.17, 15) is 18.0 Å². The molecule has 1 atom stereocenters. The standard InChI is InChI=1S/C22H27N3O4S3/c1-16(9-10-17-7-3-2-4-8-17)23-19(26)14-25-18-13-21(31-22(18)30-15-20(25)27)32(28,29)24-11-5-6-12-24/h2-4,7-8,13,16H,5-6,9-12,14-15H2,1H3,(H,23,26)/t16-/m0/s1. The zero-order valence-corrected chi connectivity index (χ0v) is 20.4. The summed E-state index contributed by atoms with van der Waals surface area (Å²) in [5.74, 6) is -0.225. The Labute approximate surface area is 197 Å². The lowest BCUT2D eigenvalue weighted by atomic mass is 10.1. The molecule has 0 radical (unpaired) electrons. The van der Waals surface area contributed by atoms with E-state index in [0.717, 1.165) is 29.9 Å². The van der Waals surface area contributed by atoms with Crippen molar-refractivity contribution < 1.29 is 18.0 Å². The van der Waals surface area contributed by atoms with E-state index in [1.165, 1.54) is 37.9 Å². The summed E-state index contributed by atoms with van der Waals surface area (Å²) in [6.07, 6.45) is 3.38. The number of carbonyl (C=O) groups excluding carboxylic acids is 2. The van der Waals surface area contributed by atoms with Gasteiger partial charge in [-0.05, 0) is 44.2 Å². The largest absolute Gasteiger partial charge is 0.352 e. The number of nitrogens with zero attached hydrogens (tertiary/aromatic N) is 2. The number of thioether (sulfide) groups is 1. The summed E-state index contributed by atoms with van der Waals surface area (Å²) in [7, 11) is -3.55. The van der Waals surface area contributed by atoms with E-state index in [4.69, 9.17) is 0 Å². The van der Waals surface area contributed by atoms with E-state index in [1.54, 1.807) is 6.07 Å². The molecule has 0 bridgehead atoms. The van der Waals surface area contributed by atoms with Gasteiger partial charge in [0.15, 0.2) is 0 Å². The average Bonchev–Trinajstić information content (AvgIpc) is 3.46. The predicted molar refractivity (Wildman–Crippen MR) is 128 cm³/mol. The highest BCUT2D eigenvalue weighted by Crippen LogP contribution is 2.44. The van der Waals surface area contributed by atoms with Gasteiger partial charge in [-0.15, -0.1) is 23.1 Å². The van der Waals surface area contributed by atoms with Gasteiger partial charge in [-0.3, -0.25) is 9.59 Å². The van der Waals surface area contributed by atoms with Crippen LogP contribution in [0.1, 0.15) is 31.7 Å². The summed E-state index contributed by atoms with van der Waals surface area (Å²) < 4.78 is 28.4. The number of aryl methyl sites for hydroxylation is 1. The van der Waals surface area contributed by atoms with Crippen LogP contribution in [-0.4, -0.2) is 56.0 Å². The minimum atomic E-state index is -3.55. The van der Waals surface area contributed by atoms with Gasteiger partial charge in [0.05, 0.1) is 15.6 Å². The summed E-state index contributed by atoms with van der Waals surface area (Å²) >= 11 is 2.53. The molecular formula is C22H27N3O4S3. The van der Waals surface area contributed by atoms with Crippen molar-refractivity contribution in [2.45, 2.75) is 47.1 Å². The van der Waals surface area contributed by atoms with Crippen LogP contribution in [0.4, 0.5) is 5.69 Å². The first kappa shape index (κ1) is 23.3. The Morgan fingerprint density at radius 3 is 2.62 bits per heavy atom. The Kier molecular flexibility index (Phi) is 7.24. The molecule has 1 fully saturated rings. The van der Waals surface area contributed by atoms with Gasteiger partial charge in [0.25, 0.3) is 10.0 Å². The van der Waals surface area contributed by atoms with Crippen molar-refractivity contribution in [1.82, 2.24) is 9.62 Å². The molecule has 4 rings (SSSR count). The molecule has 7 nitrogen and oxygen atoms in total. The molecule has 2 aromatic rings. The normalized spacial score (nSPS) is 17.9. The van der Waals surface area contributed by atoms with Crippen LogP contribution in [0.5, 0.6) is 0 Å². The highest BCUT2D eigenvalue weighted by Gasteiger charge is 2.34.